The van der Waals surface area contributed by atoms with Crippen molar-refractivity contribution >= 4 is 11.3 Å². The molecule has 2 atom stereocenters. The molecule has 1 aliphatic heterocycles. The van der Waals surface area contributed by atoms with Crippen molar-refractivity contribution in [3.05, 3.63) is 52.2 Å². The fourth-order valence-electron chi connectivity index (χ4n) is 2.60. The first kappa shape index (κ1) is 16.5. The normalized spacial score (nSPS) is 18.9. The van der Waals surface area contributed by atoms with Gasteiger partial charge in [-0.2, -0.15) is 11.3 Å². The third kappa shape index (κ3) is 5.04. The lowest BCUT2D eigenvalue weighted by molar-refractivity contribution is 0.0679. The van der Waals surface area contributed by atoms with Crippen molar-refractivity contribution in [2.75, 3.05) is 19.8 Å². The van der Waals surface area contributed by atoms with E-state index in [2.05, 4.69) is 17.4 Å². The van der Waals surface area contributed by atoms with Gasteiger partial charge in [0.25, 0.3) is 0 Å². The van der Waals surface area contributed by atoms with E-state index in [-0.39, 0.29) is 6.10 Å². The molecular formula is C18H23NO3S. The zero-order chi connectivity index (χ0) is 15.9. The van der Waals surface area contributed by atoms with Crippen LogP contribution in [-0.2, 0) is 11.3 Å². The van der Waals surface area contributed by atoms with Crippen LogP contribution in [0.5, 0.6) is 5.75 Å². The van der Waals surface area contributed by atoms with Crippen LogP contribution < -0.4 is 10.1 Å². The second-order valence-electron chi connectivity index (χ2n) is 5.79. The van der Waals surface area contributed by atoms with Crippen LogP contribution in [0.3, 0.4) is 0 Å². The van der Waals surface area contributed by atoms with Crippen molar-refractivity contribution in [2.24, 2.45) is 0 Å². The Labute approximate surface area is 141 Å². The van der Waals surface area contributed by atoms with E-state index in [0.29, 0.717) is 13.2 Å². The molecule has 0 amide bonds. The number of rotatable bonds is 8. The van der Waals surface area contributed by atoms with Crippen molar-refractivity contribution in [3.63, 3.8) is 0 Å². The van der Waals surface area contributed by atoms with Crippen molar-refractivity contribution in [1.82, 2.24) is 5.32 Å². The van der Waals surface area contributed by atoms with E-state index in [0.717, 1.165) is 37.3 Å². The zero-order valence-corrected chi connectivity index (χ0v) is 13.9. The largest absolute Gasteiger partial charge is 0.491 e. The van der Waals surface area contributed by atoms with Crippen LogP contribution in [0.4, 0.5) is 0 Å². The minimum atomic E-state index is -0.449. The minimum Gasteiger partial charge on any atom is -0.491 e. The number of hydrogen-bond donors (Lipinski definition) is 2. The average Bonchev–Trinajstić information content (AvgIpc) is 3.27. The first-order chi connectivity index (χ1) is 11.3. The van der Waals surface area contributed by atoms with Crippen LogP contribution in [-0.4, -0.2) is 31.0 Å². The van der Waals surface area contributed by atoms with Gasteiger partial charge in [-0.25, -0.2) is 0 Å². The summed E-state index contributed by atoms with van der Waals surface area (Å²) in [6.07, 6.45) is 2.02. The number of nitrogens with one attached hydrogen (secondary N) is 1. The number of ether oxygens (including phenoxy) is 2. The molecule has 124 valence electrons. The van der Waals surface area contributed by atoms with Gasteiger partial charge in [0.15, 0.2) is 0 Å². The summed E-state index contributed by atoms with van der Waals surface area (Å²) in [5, 5.41) is 17.3. The fraction of sp³-hybridized carbons (Fsp3) is 0.444. The first-order valence-electron chi connectivity index (χ1n) is 8.05. The predicted molar refractivity (Wildman–Crippen MR) is 91.9 cm³/mol. The van der Waals surface area contributed by atoms with Gasteiger partial charge in [0, 0.05) is 19.7 Å². The summed E-state index contributed by atoms with van der Waals surface area (Å²) in [6, 6.07) is 10.0. The molecule has 0 bridgehead atoms. The molecule has 1 fully saturated rings. The van der Waals surface area contributed by atoms with Gasteiger partial charge in [0.1, 0.15) is 12.4 Å². The van der Waals surface area contributed by atoms with Crippen LogP contribution in [0.2, 0.25) is 0 Å². The molecule has 1 aromatic carbocycles. The third-order valence-electron chi connectivity index (χ3n) is 3.98. The molecule has 0 radical (unpaired) electrons. The van der Waals surface area contributed by atoms with Gasteiger partial charge in [-0.3, -0.25) is 0 Å². The molecule has 2 N–H and O–H groups in total. The Balaban J connectivity index is 1.38. The maximum Gasteiger partial charge on any atom is 0.119 e. The molecule has 1 saturated heterocycles. The van der Waals surface area contributed by atoms with Crippen LogP contribution in [0, 0.1) is 0 Å². The topological polar surface area (TPSA) is 50.7 Å². The summed E-state index contributed by atoms with van der Waals surface area (Å²) < 4.78 is 11.3. The second kappa shape index (κ2) is 8.45. The molecule has 1 aromatic heterocycles. The lowest BCUT2D eigenvalue weighted by atomic mass is 10.2. The number of hydrogen-bond acceptors (Lipinski definition) is 5. The minimum absolute atomic E-state index is 0.245. The molecule has 0 aliphatic carbocycles. The van der Waals surface area contributed by atoms with Crippen molar-refractivity contribution in [2.45, 2.75) is 31.6 Å². The monoisotopic (exact) mass is 333 g/mol. The van der Waals surface area contributed by atoms with E-state index in [1.54, 1.807) is 11.3 Å². The molecule has 0 spiro atoms. The van der Waals surface area contributed by atoms with E-state index in [9.17, 15) is 5.11 Å². The second-order valence-corrected chi connectivity index (χ2v) is 6.57. The van der Waals surface area contributed by atoms with Gasteiger partial charge >= 0.3 is 0 Å². The molecular weight excluding hydrogens is 310 g/mol. The highest BCUT2D eigenvalue weighted by molar-refractivity contribution is 7.07. The summed E-state index contributed by atoms with van der Waals surface area (Å²) in [5.74, 6) is 0.877. The van der Waals surface area contributed by atoms with Gasteiger partial charge in [-0.15, -0.1) is 0 Å². The Hall–Kier alpha value is -1.40. The summed E-state index contributed by atoms with van der Waals surface area (Å²) in [6.45, 7) is 2.77. The van der Waals surface area contributed by atoms with Gasteiger partial charge in [-0.1, -0.05) is 12.1 Å². The van der Waals surface area contributed by atoms with E-state index >= 15 is 0 Å². The van der Waals surface area contributed by atoms with Crippen LogP contribution in [0.1, 0.15) is 30.1 Å². The highest BCUT2D eigenvalue weighted by Gasteiger charge is 2.15. The molecule has 2 unspecified atom stereocenters. The van der Waals surface area contributed by atoms with Crippen molar-refractivity contribution in [3.8, 4) is 5.75 Å². The van der Waals surface area contributed by atoms with Gasteiger partial charge in [0.2, 0.25) is 0 Å². The maximum absolute atomic E-state index is 10.0. The Morgan fingerprint density at radius 1 is 1.30 bits per heavy atom. The number of aliphatic hydroxyl groups is 1. The molecule has 0 saturated carbocycles. The standard InChI is InChI=1S/C18H23NO3S/c20-18(15-7-9-23-13-15)11-19-10-14-3-5-16(6-4-14)22-12-17-2-1-8-21-17/h3-7,9,13,17-20H,1-2,8,10-12H2. The lowest BCUT2D eigenvalue weighted by Gasteiger charge is -2.13. The fourth-order valence-corrected chi connectivity index (χ4v) is 3.31. The lowest BCUT2D eigenvalue weighted by Crippen LogP contribution is -2.20. The predicted octanol–water partition coefficient (Wildman–Crippen LogP) is 3.13. The van der Waals surface area contributed by atoms with Gasteiger partial charge in [0.05, 0.1) is 12.2 Å². The number of benzene rings is 1. The maximum atomic E-state index is 10.0. The number of thiophene rings is 1. The molecule has 3 rings (SSSR count). The molecule has 23 heavy (non-hydrogen) atoms. The molecule has 4 nitrogen and oxygen atoms in total. The molecule has 2 aromatic rings. The Bertz CT molecular complexity index is 564. The van der Waals surface area contributed by atoms with E-state index in [1.165, 1.54) is 5.56 Å². The Kier molecular flexibility index (Phi) is 6.05. The third-order valence-corrected chi connectivity index (χ3v) is 4.68. The highest BCUT2D eigenvalue weighted by Crippen LogP contribution is 2.17. The molecule has 5 heteroatoms. The zero-order valence-electron chi connectivity index (χ0n) is 13.1. The van der Waals surface area contributed by atoms with Crippen molar-refractivity contribution in [1.29, 1.82) is 0 Å². The SMILES string of the molecule is OC(CNCc1ccc(OCC2CCCO2)cc1)c1ccsc1. The van der Waals surface area contributed by atoms with E-state index in [4.69, 9.17) is 9.47 Å². The van der Waals surface area contributed by atoms with E-state index in [1.807, 2.05) is 29.0 Å². The van der Waals surface area contributed by atoms with Crippen molar-refractivity contribution < 1.29 is 14.6 Å². The quantitative estimate of drug-likeness (QED) is 0.779. The summed E-state index contributed by atoms with van der Waals surface area (Å²) in [4.78, 5) is 0. The van der Waals surface area contributed by atoms with Crippen LogP contribution >= 0.6 is 11.3 Å². The van der Waals surface area contributed by atoms with E-state index < -0.39 is 6.10 Å². The van der Waals surface area contributed by atoms with Crippen LogP contribution in [0.15, 0.2) is 41.1 Å². The number of aliphatic hydroxyl groups excluding tert-OH is 1. The summed E-state index contributed by atoms with van der Waals surface area (Å²) in [7, 11) is 0. The molecule has 1 aliphatic rings. The van der Waals surface area contributed by atoms with Gasteiger partial charge in [-0.05, 0) is 52.9 Å². The Morgan fingerprint density at radius 3 is 2.87 bits per heavy atom. The highest BCUT2D eigenvalue weighted by atomic mass is 32.1. The molecule has 2 heterocycles. The summed E-state index contributed by atoms with van der Waals surface area (Å²) in [5.41, 5.74) is 2.15. The summed E-state index contributed by atoms with van der Waals surface area (Å²) >= 11 is 1.60. The van der Waals surface area contributed by atoms with Crippen LogP contribution in [0.25, 0.3) is 0 Å². The first-order valence-corrected chi connectivity index (χ1v) is 9.00. The van der Waals surface area contributed by atoms with Gasteiger partial charge < -0.3 is 19.9 Å². The Morgan fingerprint density at radius 2 is 2.17 bits per heavy atom. The average molecular weight is 333 g/mol. The smallest absolute Gasteiger partial charge is 0.119 e.